The molecule has 2 aliphatic rings. The number of rotatable bonds is 3. The lowest BCUT2D eigenvalue weighted by Crippen LogP contribution is -2.95. The van der Waals surface area contributed by atoms with E-state index in [0.29, 0.717) is 5.41 Å². The van der Waals surface area contributed by atoms with E-state index in [1.807, 2.05) is 0 Å². The highest BCUT2D eigenvalue weighted by molar-refractivity contribution is 5.49. The highest BCUT2D eigenvalue weighted by atomic mass is 15.0. The van der Waals surface area contributed by atoms with Crippen LogP contribution in [0.3, 0.4) is 0 Å². The van der Waals surface area contributed by atoms with E-state index >= 15 is 0 Å². The van der Waals surface area contributed by atoms with Crippen LogP contribution in [-0.4, -0.2) is 6.54 Å². The summed E-state index contributed by atoms with van der Waals surface area (Å²) in [6.45, 7) is 8.35. The lowest BCUT2D eigenvalue weighted by Gasteiger charge is -2.36. The molecule has 0 radical (unpaired) electrons. The number of aryl methyl sites for hydroxylation is 1. The molecule has 1 aliphatic heterocycles. The first-order chi connectivity index (χ1) is 11.7. The van der Waals surface area contributed by atoms with E-state index in [-0.39, 0.29) is 5.54 Å². The molecule has 2 N–H and O–H groups in total. The Bertz CT molecular complexity index is 749. The van der Waals surface area contributed by atoms with Crippen molar-refractivity contribution in [3.05, 3.63) is 70.8 Å². The molecule has 126 valence electrons. The Morgan fingerprint density at radius 2 is 1.62 bits per heavy atom. The molecule has 2 aromatic carbocycles. The van der Waals surface area contributed by atoms with Gasteiger partial charge < -0.3 is 5.32 Å². The van der Waals surface area contributed by atoms with Gasteiger partial charge in [-0.3, -0.25) is 0 Å². The van der Waals surface area contributed by atoms with Crippen molar-refractivity contribution in [3.8, 4) is 0 Å². The van der Waals surface area contributed by atoms with Crippen LogP contribution in [0.1, 0.15) is 62.3 Å². The molecule has 1 fully saturated rings. The molecule has 4 rings (SSSR count). The van der Waals surface area contributed by atoms with Gasteiger partial charge in [-0.1, -0.05) is 62.4 Å². The Hall–Kier alpha value is -1.60. The minimum absolute atomic E-state index is 0.0267. The van der Waals surface area contributed by atoms with Gasteiger partial charge in [-0.15, -0.1) is 0 Å². The molecule has 2 aromatic rings. The summed E-state index contributed by atoms with van der Waals surface area (Å²) in [6.07, 6.45) is 5.12. The van der Waals surface area contributed by atoms with Gasteiger partial charge in [0.1, 0.15) is 5.54 Å². The zero-order chi connectivity index (χ0) is 16.8. The lowest BCUT2D eigenvalue weighted by atomic mass is 9.74. The van der Waals surface area contributed by atoms with Crippen LogP contribution in [0.15, 0.2) is 48.5 Å². The van der Waals surface area contributed by atoms with E-state index in [9.17, 15) is 0 Å². The average Bonchev–Trinajstić information content (AvgIpc) is 3.34. The standard InChI is InChI=1S/C23H29N/c1-4-17-10-6-7-11-19(17)22(3)20-12-8-9-13-21(20)23(5-2)16-18(23)14-15-24-22/h6-13,18,24H,4-5,14-16H2,1-3H3/p+1/t18-,22-,23+/m1/s1. The van der Waals surface area contributed by atoms with Crippen molar-refractivity contribution in [2.45, 2.75) is 57.4 Å². The second-order valence-corrected chi connectivity index (χ2v) is 7.95. The van der Waals surface area contributed by atoms with E-state index in [2.05, 4.69) is 74.6 Å². The minimum atomic E-state index is 0.0267. The summed E-state index contributed by atoms with van der Waals surface area (Å²) in [5, 5.41) is 2.61. The van der Waals surface area contributed by atoms with E-state index in [1.54, 1.807) is 11.1 Å². The summed E-state index contributed by atoms with van der Waals surface area (Å²) in [7, 11) is 0. The van der Waals surface area contributed by atoms with Gasteiger partial charge in [0.05, 0.1) is 6.54 Å². The highest BCUT2D eigenvalue weighted by Gasteiger charge is 2.57. The highest BCUT2D eigenvalue weighted by Crippen LogP contribution is 2.60. The summed E-state index contributed by atoms with van der Waals surface area (Å²) < 4.78 is 0. The SMILES string of the molecule is CCc1ccccc1[C@@]1(C)[NH2+]CC[C@@H]2C[C@]2(CC)c2ccccc21. The Morgan fingerprint density at radius 1 is 0.958 bits per heavy atom. The van der Waals surface area contributed by atoms with Gasteiger partial charge in [0.25, 0.3) is 0 Å². The van der Waals surface area contributed by atoms with Crippen LogP contribution in [0.2, 0.25) is 0 Å². The number of hydrogen-bond acceptors (Lipinski definition) is 0. The van der Waals surface area contributed by atoms with Crippen molar-refractivity contribution in [2.75, 3.05) is 6.54 Å². The number of fused-ring (bicyclic) bond motifs is 3. The van der Waals surface area contributed by atoms with Crippen LogP contribution in [0.25, 0.3) is 0 Å². The Balaban J connectivity index is 1.94. The second kappa shape index (κ2) is 5.74. The van der Waals surface area contributed by atoms with Crippen molar-refractivity contribution in [1.82, 2.24) is 0 Å². The van der Waals surface area contributed by atoms with Gasteiger partial charge in [0.15, 0.2) is 0 Å². The summed E-state index contributed by atoms with van der Waals surface area (Å²) in [6, 6.07) is 18.4. The second-order valence-electron chi connectivity index (χ2n) is 7.95. The van der Waals surface area contributed by atoms with Gasteiger partial charge >= 0.3 is 0 Å². The molecular weight excluding hydrogens is 290 g/mol. The normalized spacial score (nSPS) is 31.5. The molecule has 0 spiro atoms. The number of benzene rings is 2. The van der Waals surface area contributed by atoms with Crippen molar-refractivity contribution < 1.29 is 5.32 Å². The van der Waals surface area contributed by atoms with Crippen LogP contribution in [0.5, 0.6) is 0 Å². The van der Waals surface area contributed by atoms with Crippen LogP contribution in [0, 0.1) is 5.92 Å². The van der Waals surface area contributed by atoms with Gasteiger partial charge in [-0.25, -0.2) is 0 Å². The van der Waals surface area contributed by atoms with E-state index in [0.717, 1.165) is 12.3 Å². The third-order valence-corrected chi connectivity index (χ3v) is 6.91. The molecule has 0 amide bonds. The molecule has 1 saturated carbocycles. The molecule has 0 unspecified atom stereocenters. The third kappa shape index (κ3) is 2.18. The van der Waals surface area contributed by atoms with Crippen molar-refractivity contribution in [1.29, 1.82) is 0 Å². The van der Waals surface area contributed by atoms with E-state index in [4.69, 9.17) is 0 Å². The molecule has 1 nitrogen and oxygen atoms in total. The van der Waals surface area contributed by atoms with Crippen molar-refractivity contribution >= 4 is 0 Å². The lowest BCUT2D eigenvalue weighted by molar-refractivity contribution is -0.724. The van der Waals surface area contributed by atoms with Crippen LogP contribution >= 0.6 is 0 Å². The zero-order valence-electron chi connectivity index (χ0n) is 15.3. The maximum Gasteiger partial charge on any atom is 0.145 e. The topological polar surface area (TPSA) is 16.6 Å². The fraction of sp³-hybridized carbons (Fsp3) is 0.478. The Labute approximate surface area is 146 Å². The number of hydrogen-bond donors (Lipinski definition) is 1. The molecule has 1 heteroatoms. The maximum absolute atomic E-state index is 2.61. The minimum Gasteiger partial charge on any atom is -0.334 e. The van der Waals surface area contributed by atoms with Gasteiger partial charge in [0.2, 0.25) is 0 Å². The van der Waals surface area contributed by atoms with E-state index in [1.165, 1.54) is 36.9 Å². The third-order valence-electron chi connectivity index (χ3n) is 6.91. The smallest absolute Gasteiger partial charge is 0.145 e. The van der Waals surface area contributed by atoms with Gasteiger partial charge in [-0.2, -0.15) is 0 Å². The first-order valence-corrected chi connectivity index (χ1v) is 9.68. The molecule has 1 heterocycles. The Morgan fingerprint density at radius 3 is 2.33 bits per heavy atom. The molecule has 0 aromatic heterocycles. The summed E-state index contributed by atoms with van der Waals surface area (Å²) in [5.74, 6) is 0.894. The predicted molar refractivity (Wildman–Crippen MR) is 100 cm³/mol. The first kappa shape index (κ1) is 15.9. The number of quaternary nitrogens is 1. The molecule has 0 bridgehead atoms. The van der Waals surface area contributed by atoms with Crippen LogP contribution < -0.4 is 5.32 Å². The average molecular weight is 320 g/mol. The molecule has 0 saturated heterocycles. The number of nitrogens with two attached hydrogens (primary N) is 1. The largest absolute Gasteiger partial charge is 0.334 e. The fourth-order valence-corrected chi connectivity index (χ4v) is 5.36. The maximum atomic E-state index is 2.61. The molecule has 1 aliphatic carbocycles. The van der Waals surface area contributed by atoms with Crippen molar-refractivity contribution in [2.24, 2.45) is 5.92 Å². The summed E-state index contributed by atoms with van der Waals surface area (Å²) in [4.78, 5) is 0. The predicted octanol–water partition coefficient (Wildman–Crippen LogP) is 4.15. The Kier molecular flexibility index (Phi) is 3.80. The first-order valence-electron chi connectivity index (χ1n) is 9.68. The van der Waals surface area contributed by atoms with Gasteiger partial charge in [-0.05, 0) is 48.6 Å². The van der Waals surface area contributed by atoms with Crippen LogP contribution in [0.4, 0.5) is 0 Å². The summed E-state index contributed by atoms with van der Waals surface area (Å²) in [5.41, 5.74) is 6.65. The molecule has 24 heavy (non-hydrogen) atoms. The molecular formula is C23H30N+. The fourth-order valence-electron chi connectivity index (χ4n) is 5.36. The zero-order valence-corrected chi connectivity index (χ0v) is 15.3. The summed E-state index contributed by atoms with van der Waals surface area (Å²) >= 11 is 0. The molecule has 3 atom stereocenters. The van der Waals surface area contributed by atoms with Gasteiger partial charge in [0, 0.05) is 17.5 Å². The van der Waals surface area contributed by atoms with Crippen LogP contribution in [-0.2, 0) is 17.4 Å². The van der Waals surface area contributed by atoms with Crippen molar-refractivity contribution in [3.63, 3.8) is 0 Å². The quantitative estimate of drug-likeness (QED) is 0.875. The monoisotopic (exact) mass is 320 g/mol. The van der Waals surface area contributed by atoms with E-state index < -0.39 is 0 Å².